The highest BCUT2D eigenvalue weighted by Gasteiger charge is 2.19. The molecule has 0 spiro atoms. The summed E-state index contributed by atoms with van der Waals surface area (Å²) in [6, 6.07) is 1.88. The first-order chi connectivity index (χ1) is 8.99. The smallest absolute Gasteiger partial charge is 0.268 e. The first kappa shape index (κ1) is 16.2. The van der Waals surface area contributed by atoms with Crippen molar-refractivity contribution in [2.24, 2.45) is 5.92 Å². The third-order valence-corrected chi connectivity index (χ3v) is 3.49. The van der Waals surface area contributed by atoms with Crippen LogP contribution in [0.25, 0.3) is 0 Å². The molecule has 1 unspecified atom stereocenters. The van der Waals surface area contributed by atoms with Gasteiger partial charge in [0.1, 0.15) is 5.69 Å². The number of halogens is 1. The first-order valence-electron chi connectivity index (χ1n) is 6.73. The summed E-state index contributed by atoms with van der Waals surface area (Å²) < 4.78 is 8.27. The highest BCUT2D eigenvalue weighted by atomic mass is 79.9. The lowest BCUT2D eigenvalue weighted by Crippen LogP contribution is -2.42. The van der Waals surface area contributed by atoms with E-state index in [2.05, 4.69) is 35.1 Å². The van der Waals surface area contributed by atoms with Crippen LogP contribution in [0.4, 0.5) is 0 Å². The third kappa shape index (κ3) is 4.66. The second-order valence-electron chi connectivity index (χ2n) is 4.81. The Balaban J connectivity index is 2.75. The number of aromatic nitrogens is 1. The van der Waals surface area contributed by atoms with Gasteiger partial charge in [0.05, 0.1) is 12.6 Å². The van der Waals surface area contributed by atoms with Crippen LogP contribution in [0.15, 0.2) is 16.7 Å². The maximum atomic E-state index is 12.3. The van der Waals surface area contributed by atoms with E-state index in [0.717, 1.165) is 11.0 Å². The molecule has 0 aromatic carbocycles. The van der Waals surface area contributed by atoms with Crippen molar-refractivity contribution >= 4 is 21.8 Å². The van der Waals surface area contributed by atoms with Gasteiger partial charge < -0.3 is 14.6 Å². The van der Waals surface area contributed by atoms with Crippen LogP contribution in [0, 0.1) is 5.92 Å². The van der Waals surface area contributed by atoms with Crippen molar-refractivity contribution in [3.05, 3.63) is 22.4 Å². The van der Waals surface area contributed by atoms with Crippen molar-refractivity contribution in [1.82, 2.24) is 9.88 Å². The molecule has 4 nitrogen and oxygen atoms in total. The topological polar surface area (TPSA) is 43.3 Å². The summed E-state index contributed by atoms with van der Waals surface area (Å²) in [5, 5.41) is 3.05. The molecule has 1 aromatic heterocycles. The van der Waals surface area contributed by atoms with Crippen molar-refractivity contribution < 1.29 is 9.53 Å². The zero-order chi connectivity index (χ0) is 14.4. The molecule has 1 amide bonds. The lowest BCUT2D eigenvalue weighted by atomic mass is 10.1. The van der Waals surface area contributed by atoms with Gasteiger partial charge in [-0.1, -0.05) is 13.8 Å². The molecule has 0 saturated heterocycles. The Morgan fingerprint density at radius 1 is 1.47 bits per heavy atom. The van der Waals surface area contributed by atoms with Crippen LogP contribution in [0.3, 0.4) is 0 Å². The van der Waals surface area contributed by atoms with Crippen LogP contribution in [0.2, 0.25) is 0 Å². The summed E-state index contributed by atoms with van der Waals surface area (Å²) in [5.74, 6) is 0.287. The molecule has 0 radical (unpaired) electrons. The third-order valence-electron chi connectivity index (χ3n) is 3.06. The average molecular weight is 331 g/mol. The highest BCUT2D eigenvalue weighted by Crippen LogP contribution is 2.15. The molecule has 108 valence electrons. The maximum Gasteiger partial charge on any atom is 0.268 e. The minimum absolute atomic E-state index is 0.0337. The van der Waals surface area contributed by atoms with Crippen molar-refractivity contribution in [2.75, 3.05) is 13.2 Å². The Kier molecular flexibility index (Phi) is 6.58. The number of aryl methyl sites for hydroxylation is 1. The number of carbonyl (C=O) groups excluding carboxylic acids is 1. The first-order valence-corrected chi connectivity index (χ1v) is 7.53. The van der Waals surface area contributed by atoms with Crippen LogP contribution in [0.5, 0.6) is 0 Å². The highest BCUT2D eigenvalue weighted by molar-refractivity contribution is 9.10. The fraction of sp³-hybridized carbons (Fsp3) is 0.643. The Labute approximate surface area is 123 Å². The van der Waals surface area contributed by atoms with E-state index in [1.54, 1.807) is 0 Å². The largest absolute Gasteiger partial charge is 0.380 e. The number of nitrogens with one attached hydrogen (secondary N) is 1. The molecular formula is C14H23BrN2O2. The van der Waals surface area contributed by atoms with E-state index in [1.165, 1.54) is 0 Å². The van der Waals surface area contributed by atoms with Gasteiger partial charge >= 0.3 is 0 Å². The number of nitrogens with zero attached hydrogens (tertiary/aromatic N) is 1. The molecule has 0 aliphatic heterocycles. The number of hydrogen-bond donors (Lipinski definition) is 1. The molecule has 5 heteroatoms. The van der Waals surface area contributed by atoms with Gasteiger partial charge in [-0.2, -0.15) is 0 Å². The predicted molar refractivity (Wildman–Crippen MR) is 80.4 cm³/mol. The lowest BCUT2D eigenvalue weighted by Gasteiger charge is -2.22. The van der Waals surface area contributed by atoms with Gasteiger partial charge in [-0.15, -0.1) is 0 Å². The molecule has 1 heterocycles. The summed E-state index contributed by atoms with van der Waals surface area (Å²) in [7, 11) is 0. The van der Waals surface area contributed by atoms with E-state index in [4.69, 9.17) is 4.74 Å². The molecule has 1 rings (SSSR count). The summed E-state index contributed by atoms with van der Waals surface area (Å²) in [6.07, 6.45) is 1.92. The Morgan fingerprint density at radius 2 is 2.16 bits per heavy atom. The van der Waals surface area contributed by atoms with Crippen molar-refractivity contribution in [1.29, 1.82) is 0 Å². The van der Waals surface area contributed by atoms with Crippen LogP contribution in [0.1, 0.15) is 38.2 Å². The maximum absolute atomic E-state index is 12.3. The molecule has 0 aliphatic carbocycles. The van der Waals surface area contributed by atoms with Gasteiger partial charge in [0.2, 0.25) is 0 Å². The molecule has 1 atom stereocenters. The summed E-state index contributed by atoms with van der Waals surface area (Å²) in [5.41, 5.74) is 0.677. The average Bonchev–Trinajstić information content (AvgIpc) is 2.75. The monoisotopic (exact) mass is 330 g/mol. The van der Waals surface area contributed by atoms with Crippen molar-refractivity contribution in [3.63, 3.8) is 0 Å². The van der Waals surface area contributed by atoms with E-state index in [1.807, 2.05) is 30.7 Å². The number of hydrogen-bond acceptors (Lipinski definition) is 2. The minimum Gasteiger partial charge on any atom is -0.380 e. The normalized spacial score (nSPS) is 12.7. The molecule has 0 saturated carbocycles. The summed E-state index contributed by atoms with van der Waals surface area (Å²) >= 11 is 3.40. The quantitative estimate of drug-likeness (QED) is 0.834. The molecule has 1 aromatic rings. The number of rotatable bonds is 7. The molecule has 0 fully saturated rings. The second kappa shape index (κ2) is 7.70. The number of amides is 1. The molecule has 19 heavy (non-hydrogen) atoms. The van der Waals surface area contributed by atoms with Crippen molar-refractivity contribution in [3.8, 4) is 0 Å². The Morgan fingerprint density at radius 3 is 2.68 bits per heavy atom. The Bertz CT molecular complexity index is 416. The SMILES string of the molecule is CCOCC(NC(=O)c1cc(Br)cn1CC)C(C)C. The molecular weight excluding hydrogens is 308 g/mol. The van der Waals surface area contributed by atoms with E-state index in [9.17, 15) is 4.79 Å². The van der Waals surface area contributed by atoms with Gasteiger partial charge in [0, 0.05) is 23.8 Å². The van der Waals surface area contributed by atoms with E-state index < -0.39 is 0 Å². The second-order valence-corrected chi connectivity index (χ2v) is 5.73. The minimum atomic E-state index is -0.0500. The van der Waals surface area contributed by atoms with Gasteiger partial charge in [0.25, 0.3) is 5.91 Å². The van der Waals surface area contributed by atoms with Crippen LogP contribution >= 0.6 is 15.9 Å². The van der Waals surface area contributed by atoms with E-state index in [0.29, 0.717) is 24.8 Å². The van der Waals surface area contributed by atoms with Gasteiger partial charge in [-0.05, 0) is 41.8 Å². The number of ether oxygens (including phenoxy) is 1. The van der Waals surface area contributed by atoms with Gasteiger partial charge in [-0.3, -0.25) is 4.79 Å². The zero-order valence-electron chi connectivity index (χ0n) is 12.1. The van der Waals surface area contributed by atoms with E-state index >= 15 is 0 Å². The van der Waals surface area contributed by atoms with Gasteiger partial charge in [0.15, 0.2) is 0 Å². The Hall–Kier alpha value is -0.810. The molecule has 1 N–H and O–H groups in total. The van der Waals surface area contributed by atoms with Gasteiger partial charge in [-0.25, -0.2) is 0 Å². The standard InChI is InChI=1S/C14H23BrN2O2/c1-5-17-8-11(15)7-13(17)14(18)16-12(10(3)4)9-19-6-2/h7-8,10,12H,5-6,9H2,1-4H3,(H,16,18). The number of carbonyl (C=O) groups is 1. The lowest BCUT2D eigenvalue weighted by molar-refractivity contribution is 0.0798. The van der Waals surface area contributed by atoms with Crippen LogP contribution in [-0.2, 0) is 11.3 Å². The molecule has 0 bridgehead atoms. The summed E-state index contributed by atoms with van der Waals surface area (Å²) in [6.45, 7) is 10.1. The van der Waals surface area contributed by atoms with Crippen molar-refractivity contribution in [2.45, 2.75) is 40.3 Å². The fourth-order valence-electron chi connectivity index (χ4n) is 1.81. The zero-order valence-corrected chi connectivity index (χ0v) is 13.7. The van der Waals surface area contributed by atoms with Crippen LogP contribution in [-0.4, -0.2) is 29.7 Å². The molecule has 0 aliphatic rings. The summed E-state index contributed by atoms with van der Waals surface area (Å²) in [4.78, 5) is 12.3. The van der Waals surface area contributed by atoms with E-state index in [-0.39, 0.29) is 11.9 Å². The fourth-order valence-corrected chi connectivity index (χ4v) is 2.28. The predicted octanol–water partition coefficient (Wildman–Crippen LogP) is 3.06. The van der Waals surface area contributed by atoms with Crippen LogP contribution < -0.4 is 5.32 Å².